The molecule has 11 nitrogen and oxygen atoms in total. The molecule has 0 saturated carbocycles. The van der Waals surface area contributed by atoms with E-state index in [9.17, 15) is 39.1 Å². The Morgan fingerprint density at radius 1 is 1.02 bits per heavy atom. The average molecular weight is 675 g/mol. The van der Waals surface area contributed by atoms with Gasteiger partial charge in [-0.2, -0.15) is 5.26 Å². The first-order valence-electron chi connectivity index (χ1n) is 14.3. The van der Waals surface area contributed by atoms with Crippen LogP contribution in [0.25, 0.3) is 0 Å². The first-order valence-corrected chi connectivity index (χ1v) is 16.2. The Labute approximate surface area is 263 Å². The second-order valence-corrected chi connectivity index (χ2v) is 14.4. The molecule has 3 amide bonds. The second-order valence-electron chi connectivity index (χ2n) is 12.0. The number of hydrogen-bond acceptors (Lipinski definition) is 8. The van der Waals surface area contributed by atoms with Crippen molar-refractivity contribution < 1.29 is 43.3 Å². The molecule has 2 aliphatic rings. The number of carbonyl (C=O) groups is 3. The number of nitriles is 1. The number of likely N-dealkylation sites (tertiary alicyclic amines) is 1. The van der Waals surface area contributed by atoms with Crippen LogP contribution in [-0.4, -0.2) is 95.2 Å². The third kappa shape index (κ3) is 7.97. The van der Waals surface area contributed by atoms with Crippen LogP contribution in [-0.2, 0) is 19.1 Å². The van der Waals surface area contributed by atoms with Crippen molar-refractivity contribution in [3.05, 3.63) is 54.4 Å². The Hall–Kier alpha value is -4.17. The fourth-order valence-electron chi connectivity index (χ4n) is 5.29. The standard InChI is InChI=1S/C29H35F5N6O5S/c1-29(2,3)45-28(43)38-14-12-37(13-15-38)27(42)25(20-6-5-11-36-17-20)40(26(41)24-16-22(44-4)18-39(24)19-35)21-7-9-23(10-8-21)46(30,31,32,33)34/h5-11,17,22,24-25H,12-16,18H2,1-4H3/t22-,24-,25?/m1/s1. The van der Waals surface area contributed by atoms with Crippen LogP contribution in [0.15, 0.2) is 53.7 Å². The Kier molecular flexibility index (Phi) is 8.96. The van der Waals surface area contributed by atoms with E-state index in [0.717, 1.165) is 9.80 Å². The number of piperazine rings is 1. The summed E-state index contributed by atoms with van der Waals surface area (Å²) in [5.74, 6) is -1.50. The molecule has 3 atom stereocenters. The van der Waals surface area contributed by atoms with Crippen LogP contribution in [0.5, 0.6) is 0 Å². The van der Waals surface area contributed by atoms with Crippen molar-refractivity contribution in [1.29, 1.82) is 5.26 Å². The molecule has 0 N–H and O–H groups in total. The number of benzene rings is 1. The fourth-order valence-corrected chi connectivity index (χ4v) is 5.94. The molecular formula is C29H35F5N6O5S. The number of aromatic nitrogens is 1. The van der Waals surface area contributed by atoms with E-state index in [-0.39, 0.29) is 62.5 Å². The van der Waals surface area contributed by atoms with Crippen LogP contribution in [0.2, 0.25) is 0 Å². The van der Waals surface area contributed by atoms with Crippen LogP contribution >= 0.6 is 10.2 Å². The number of nitrogens with zero attached hydrogens (tertiary/aromatic N) is 6. The van der Waals surface area contributed by atoms with Gasteiger partial charge in [0.15, 0.2) is 6.19 Å². The molecule has 0 aliphatic carbocycles. The van der Waals surface area contributed by atoms with E-state index in [1.54, 1.807) is 20.8 Å². The van der Waals surface area contributed by atoms with Gasteiger partial charge < -0.3 is 19.3 Å². The van der Waals surface area contributed by atoms with E-state index in [1.807, 2.05) is 6.19 Å². The van der Waals surface area contributed by atoms with Gasteiger partial charge in [0, 0.05) is 63.4 Å². The summed E-state index contributed by atoms with van der Waals surface area (Å²) < 4.78 is 78.7. The van der Waals surface area contributed by atoms with Gasteiger partial charge in [-0.1, -0.05) is 25.5 Å². The molecule has 1 aromatic heterocycles. The van der Waals surface area contributed by atoms with E-state index in [2.05, 4.69) is 4.98 Å². The summed E-state index contributed by atoms with van der Waals surface area (Å²) >= 11 is 0. The highest BCUT2D eigenvalue weighted by molar-refractivity contribution is 8.45. The summed E-state index contributed by atoms with van der Waals surface area (Å²) in [5, 5.41) is 9.76. The van der Waals surface area contributed by atoms with Crippen LogP contribution in [0.3, 0.4) is 0 Å². The molecule has 2 fully saturated rings. The number of methoxy groups -OCH3 is 1. The normalized spacial score (nSPS) is 21.1. The van der Waals surface area contributed by atoms with Crippen molar-refractivity contribution >= 4 is 33.8 Å². The minimum Gasteiger partial charge on any atom is -0.444 e. The first-order chi connectivity index (χ1) is 21.2. The molecule has 0 spiro atoms. The summed E-state index contributed by atoms with van der Waals surface area (Å²) in [6.45, 7) is 5.42. The number of ether oxygens (including phenoxy) is 2. The lowest BCUT2D eigenvalue weighted by molar-refractivity contribution is -0.137. The lowest BCUT2D eigenvalue weighted by Gasteiger charge is -2.41. The predicted molar refractivity (Wildman–Crippen MR) is 158 cm³/mol. The maximum Gasteiger partial charge on any atom is 0.410 e. The van der Waals surface area contributed by atoms with E-state index < -0.39 is 56.8 Å². The zero-order chi connectivity index (χ0) is 34.1. The third-order valence-electron chi connectivity index (χ3n) is 7.54. The summed E-state index contributed by atoms with van der Waals surface area (Å²) in [4.78, 5) is 48.0. The Morgan fingerprint density at radius 3 is 2.13 bits per heavy atom. The van der Waals surface area contributed by atoms with Gasteiger partial charge in [0.2, 0.25) is 0 Å². The summed E-state index contributed by atoms with van der Waals surface area (Å²) in [6, 6.07) is 2.00. The van der Waals surface area contributed by atoms with E-state index in [0.29, 0.717) is 12.1 Å². The molecule has 3 heterocycles. The molecule has 17 heteroatoms. The summed E-state index contributed by atoms with van der Waals surface area (Å²) in [5.41, 5.74) is -0.857. The van der Waals surface area contributed by atoms with E-state index in [4.69, 9.17) is 9.47 Å². The molecule has 252 valence electrons. The van der Waals surface area contributed by atoms with Gasteiger partial charge in [0.05, 0.1) is 12.6 Å². The minimum absolute atomic E-state index is 0.0193. The van der Waals surface area contributed by atoms with Gasteiger partial charge in [-0.15, -0.1) is 0 Å². The van der Waals surface area contributed by atoms with Gasteiger partial charge in [-0.3, -0.25) is 24.4 Å². The van der Waals surface area contributed by atoms with Gasteiger partial charge in [-0.05, 0) is 51.1 Å². The molecule has 2 aromatic rings. The summed E-state index contributed by atoms with van der Waals surface area (Å²) in [6.07, 6.45) is 3.53. The number of halogens is 5. The smallest absolute Gasteiger partial charge is 0.410 e. The zero-order valence-corrected chi connectivity index (χ0v) is 26.4. The topological polar surface area (TPSA) is 119 Å². The highest BCUT2D eigenvalue weighted by atomic mass is 32.5. The molecule has 0 bridgehead atoms. The largest absolute Gasteiger partial charge is 0.444 e. The van der Waals surface area contributed by atoms with Crippen molar-refractivity contribution in [2.75, 3.05) is 44.7 Å². The molecular weight excluding hydrogens is 639 g/mol. The quantitative estimate of drug-likeness (QED) is 0.281. The number of carbonyl (C=O) groups excluding carboxylic acids is 3. The molecule has 4 rings (SSSR count). The van der Waals surface area contributed by atoms with Crippen LogP contribution in [0, 0.1) is 11.5 Å². The van der Waals surface area contributed by atoms with Gasteiger partial charge in [-0.25, -0.2) is 4.79 Å². The van der Waals surface area contributed by atoms with E-state index >= 15 is 0 Å². The van der Waals surface area contributed by atoms with Crippen LogP contribution < -0.4 is 4.90 Å². The average Bonchev–Trinajstić information content (AvgIpc) is 3.42. The van der Waals surface area contributed by atoms with Gasteiger partial charge in [0.25, 0.3) is 11.8 Å². The summed E-state index contributed by atoms with van der Waals surface area (Å²) in [7, 11) is -8.68. The monoisotopic (exact) mass is 674 g/mol. The fraction of sp³-hybridized carbons (Fsp3) is 0.483. The maximum atomic E-state index is 14.3. The zero-order valence-electron chi connectivity index (χ0n) is 25.6. The third-order valence-corrected chi connectivity index (χ3v) is 8.71. The van der Waals surface area contributed by atoms with Gasteiger partial charge in [0.1, 0.15) is 22.6 Å². The Balaban J connectivity index is 1.76. The van der Waals surface area contributed by atoms with E-state index in [1.165, 1.54) is 41.4 Å². The highest BCUT2D eigenvalue weighted by Crippen LogP contribution is 3.02. The molecule has 1 unspecified atom stereocenters. The lowest BCUT2D eigenvalue weighted by Crippen LogP contribution is -2.56. The van der Waals surface area contributed by atoms with Gasteiger partial charge >= 0.3 is 16.3 Å². The molecule has 46 heavy (non-hydrogen) atoms. The molecule has 2 aliphatic heterocycles. The van der Waals surface area contributed by atoms with Crippen molar-refractivity contribution in [2.45, 2.75) is 55.9 Å². The van der Waals surface area contributed by atoms with Crippen LogP contribution in [0.4, 0.5) is 29.9 Å². The number of anilines is 1. The number of pyridine rings is 1. The molecule has 0 radical (unpaired) electrons. The maximum absolute atomic E-state index is 14.3. The Morgan fingerprint density at radius 2 is 1.63 bits per heavy atom. The lowest BCUT2D eigenvalue weighted by atomic mass is 10.0. The van der Waals surface area contributed by atoms with Crippen molar-refractivity contribution in [2.24, 2.45) is 0 Å². The van der Waals surface area contributed by atoms with Crippen molar-refractivity contribution in [3.63, 3.8) is 0 Å². The number of rotatable bonds is 7. The first kappa shape index (κ1) is 34.7. The van der Waals surface area contributed by atoms with Crippen molar-refractivity contribution in [1.82, 2.24) is 19.7 Å². The Bertz CT molecular complexity index is 1490. The minimum atomic E-state index is -10.1. The SMILES string of the molecule is CO[C@@H]1C[C@H](C(=O)N(c2ccc(S(F)(F)(F)(F)F)cc2)C(C(=O)N2CCN(C(=O)OC(C)(C)C)CC2)c2cccnc2)N(C#N)C1. The number of hydrogen-bond donors (Lipinski definition) is 0. The second kappa shape index (κ2) is 11.9. The number of amides is 3. The van der Waals surface area contributed by atoms with Crippen LogP contribution in [0.1, 0.15) is 38.8 Å². The highest BCUT2D eigenvalue weighted by Gasteiger charge is 2.65. The molecule has 2 saturated heterocycles. The predicted octanol–water partition coefficient (Wildman–Crippen LogP) is 5.46. The molecule has 1 aromatic carbocycles. The van der Waals surface area contributed by atoms with Crippen molar-refractivity contribution in [3.8, 4) is 6.19 Å².